The van der Waals surface area contributed by atoms with Crippen molar-refractivity contribution in [1.29, 1.82) is 0 Å². The minimum atomic E-state index is -1.52. The van der Waals surface area contributed by atoms with Crippen molar-refractivity contribution in [3.05, 3.63) is 74.6 Å². The van der Waals surface area contributed by atoms with Gasteiger partial charge >= 0.3 is 0 Å². The van der Waals surface area contributed by atoms with E-state index in [9.17, 15) is 14.4 Å². The molecule has 0 radical (unpaired) electrons. The van der Waals surface area contributed by atoms with Gasteiger partial charge in [0.1, 0.15) is 5.58 Å². The summed E-state index contributed by atoms with van der Waals surface area (Å²) in [6, 6.07) is 12.2. The number of para-hydroxylation sites is 1. The lowest BCUT2D eigenvalue weighted by Gasteiger charge is -2.41. The first-order chi connectivity index (χ1) is 16.5. The van der Waals surface area contributed by atoms with E-state index in [-0.39, 0.29) is 40.0 Å². The predicted molar refractivity (Wildman–Crippen MR) is 130 cm³/mol. The Kier molecular flexibility index (Phi) is 4.85. The van der Waals surface area contributed by atoms with Gasteiger partial charge in [0.2, 0.25) is 5.76 Å². The van der Waals surface area contributed by atoms with Crippen LogP contribution in [0.4, 0.5) is 5.69 Å². The van der Waals surface area contributed by atoms with Gasteiger partial charge in [-0.25, -0.2) is 0 Å². The van der Waals surface area contributed by atoms with Gasteiger partial charge in [-0.3, -0.25) is 14.4 Å². The van der Waals surface area contributed by atoms with Crippen LogP contribution in [0, 0.1) is 0 Å². The van der Waals surface area contributed by atoms with E-state index in [1.807, 2.05) is 31.2 Å². The molecular weight excluding hydrogens is 452 g/mol. The predicted octanol–water partition coefficient (Wildman–Crippen LogP) is 5.24. The van der Waals surface area contributed by atoms with Crippen LogP contribution in [0.15, 0.2) is 51.7 Å². The molecule has 0 N–H and O–H groups in total. The molecule has 1 unspecified atom stereocenters. The molecule has 34 heavy (non-hydrogen) atoms. The normalized spacial score (nSPS) is 22.2. The summed E-state index contributed by atoms with van der Waals surface area (Å²) in [4.78, 5) is 45.9. The SMILES string of the molecule is CCCN1C(=O)C2(c3ccccc31)c1c(oc3ccc(Cl)cc3c1=O)C(=O)N2C1CCCCC1. The van der Waals surface area contributed by atoms with Crippen molar-refractivity contribution < 1.29 is 14.0 Å². The summed E-state index contributed by atoms with van der Waals surface area (Å²) in [6.07, 6.45) is 5.41. The fraction of sp³-hybridized carbons (Fsp3) is 0.370. The van der Waals surface area contributed by atoms with Crippen molar-refractivity contribution >= 4 is 40.1 Å². The summed E-state index contributed by atoms with van der Waals surface area (Å²) in [5.74, 6) is -0.647. The molecule has 3 aliphatic rings. The number of benzene rings is 2. The monoisotopic (exact) mass is 476 g/mol. The van der Waals surface area contributed by atoms with Crippen LogP contribution in [0.5, 0.6) is 0 Å². The van der Waals surface area contributed by atoms with Crippen LogP contribution in [-0.4, -0.2) is 29.3 Å². The number of fused-ring (bicyclic) bond motifs is 5. The molecule has 1 spiro atoms. The van der Waals surface area contributed by atoms with Crippen LogP contribution >= 0.6 is 11.6 Å². The number of halogens is 1. The Hall–Kier alpha value is -3.12. The number of nitrogens with zero attached hydrogens (tertiary/aromatic N) is 2. The minimum Gasteiger partial charge on any atom is -0.450 e. The molecule has 2 amide bonds. The van der Waals surface area contributed by atoms with Crippen LogP contribution in [0.3, 0.4) is 0 Å². The van der Waals surface area contributed by atoms with Gasteiger partial charge in [-0.05, 0) is 43.5 Å². The largest absolute Gasteiger partial charge is 0.450 e. The summed E-state index contributed by atoms with van der Waals surface area (Å²) in [5.41, 5.74) is -0.0228. The van der Waals surface area contributed by atoms with Gasteiger partial charge in [-0.15, -0.1) is 0 Å². The molecule has 2 aliphatic heterocycles. The molecular formula is C27H25ClN2O4. The van der Waals surface area contributed by atoms with Crippen molar-refractivity contribution in [3.8, 4) is 0 Å². The fourth-order valence-electron chi connectivity index (χ4n) is 6.16. The maximum absolute atomic E-state index is 14.4. The zero-order chi connectivity index (χ0) is 23.6. The van der Waals surface area contributed by atoms with Crippen molar-refractivity contribution in [2.75, 3.05) is 11.4 Å². The van der Waals surface area contributed by atoms with E-state index >= 15 is 0 Å². The van der Waals surface area contributed by atoms with Gasteiger partial charge in [0.05, 0.1) is 16.6 Å². The third-order valence-electron chi connectivity index (χ3n) is 7.51. The maximum Gasteiger partial charge on any atom is 0.291 e. The second kappa shape index (κ2) is 7.70. The minimum absolute atomic E-state index is 0.0214. The smallest absolute Gasteiger partial charge is 0.291 e. The van der Waals surface area contributed by atoms with E-state index in [0.717, 1.165) is 44.2 Å². The Morgan fingerprint density at radius 1 is 1.06 bits per heavy atom. The topological polar surface area (TPSA) is 70.8 Å². The van der Waals surface area contributed by atoms with E-state index in [1.54, 1.807) is 28.0 Å². The quantitative estimate of drug-likeness (QED) is 0.518. The number of carbonyl (C=O) groups excluding carboxylic acids is 2. The van der Waals surface area contributed by atoms with Gasteiger partial charge in [0.25, 0.3) is 11.8 Å². The van der Waals surface area contributed by atoms with Crippen molar-refractivity contribution in [2.24, 2.45) is 0 Å². The van der Waals surface area contributed by atoms with Gasteiger partial charge in [0.15, 0.2) is 11.0 Å². The van der Waals surface area contributed by atoms with E-state index in [2.05, 4.69) is 0 Å². The van der Waals surface area contributed by atoms with Gasteiger partial charge < -0.3 is 14.2 Å². The number of rotatable bonds is 3. The molecule has 0 saturated heterocycles. The van der Waals surface area contributed by atoms with Crippen LogP contribution in [0.25, 0.3) is 11.0 Å². The Labute approximate surface area is 202 Å². The highest BCUT2D eigenvalue weighted by molar-refractivity contribution is 6.31. The average molecular weight is 477 g/mol. The Bertz CT molecular complexity index is 1410. The Balaban J connectivity index is 1.73. The Morgan fingerprint density at radius 3 is 2.59 bits per heavy atom. The highest BCUT2D eigenvalue weighted by atomic mass is 35.5. The second-order valence-electron chi connectivity index (χ2n) is 9.43. The maximum atomic E-state index is 14.4. The summed E-state index contributed by atoms with van der Waals surface area (Å²) in [5, 5.41) is 0.677. The number of carbonyl (C=O) groups is 2. The first-order valence-electron chi connectivity index (χ1n) is 12.0. The molecule has 1 saturated carbocycles. The van der Waals surface area contributed by atoms with Crippen LogP contribution in [-0.2, 0) is 10.3 Å². The lowest BCUT2D eigenvalue weighted by atomic mass is 9.81. The van der Waals surface area contributed by atoms with Crippen LogP contribution in [0.2, 0.25) is 5.02 Å². The van der Waals surface area contributed by atoms with Crippen LogP contribution in [0.1, 0.15) is 67.1 Å². The molecule has 3 heterocycles. The summed E-state index contributed by atoms with van der Waals surface area (Å²) in [6.45, 7) is 2.52. The molecule has 1 aromatic heterocycles. The third-order valence-corrected chi connectivity index (χ3v) is 7.75. The van der Waals surface area contributed by atoms with E-state index in [1.165, 1.54) is 0 Å². The molecule has 1 atom stereocenters. The number of anilines is 1. The van der Waals surface area contributed by atoms with Gasteiger partial charge in [-0.1, -0.05) is 56.0 Å². The van der Waals surface area contributed by atoms with Crippen LogP contribution < -0.4 is 10.3 Å². The molecule has 7 heteroatoms. The number of hydrogen-bond donors (Lipinski definition) is 0. The highest BCUT2D eigenvalue weighted by Gasteiger charge is 2.66. The molecule has 0 bridgehead atoms. The summed E-state index contributed by atoms with van der Waals surface area (Å²) < 4.78 is 6.10. The zero-order valence-electron chi connectivity index (χ0n) is 19.0. The highest BCUT2D eigenvalue weighted by Crippen LogP contribution is 2.54. The van der Waals surface area contributed by atoms with Gasteiger partial charge in [0, 0.05) is 23.2 Å². The fourth-order valence-corrected chi connectivity index (χ4v) is 6.33. The second-order valence-corrected chi connectivity index (χ2v) is 9.86. The lowest BCUT2D eigenvalue weighted by molar-refractivity contribution is -0.127. The van der Waals surface area contributed by atoms with E-state index in [0.29, 0.717) is 22.7 Å². The first-order valence-corrected chi connectivity index (χ1v) is 12.4. The van der Waals surface area contributed by atoms with Gasteiger partial charge in [-0.2, -0.15) is 0 Å². The number of hydrogen-bond acceptors (Lipinski definition) is 4. The lowest BCUT2D eigenvalue weighted by Crippen LogP contribution is -2.57. The first kappa shape index (κ1) is 21.4. The molecule has 1 fully saturated rings. The molecule has 3 aromatic rings. The summed E-state index contributed by atoms with van der Waals surface area (Å²) in [7, 11) is 0. The number of amides is 2. The van der Waals surface area contributed by atoms with E-state index < -0.39 is 5.54 Å². The summed E-state index contributed by atoms with van der Waals surface area (Å²) >= 11 is 6.21. The zero-order valence-corrected chi connectivity index (χ0v) is 19.7. The molecule has 6 rings (SSSR count). The van der Waals surface area contributed by atoms with Crippen molar-refractivity contribution in [1.82, 2.24) is 4.90 Å². The van der Waals surface area contributed by atoms with E-state index in [4.69, 9.17) is 16.0 Å². The molecule has 6 nitrogen and oxygen atoms in total. The standard InChI is InChI=1S/C27H25ClN2O4/c1-2-14-29-20-11-7-6-10-19(20)27(26(29)33)22-23(31)18-15-16(28)12-13-21(18)34-24(22)25(32)30(27)17-8-4-3-5-9-17/h6-7,10-13,15,17H,2-5,8-9,14H2,1H3. The van der Waals surface area contributed by atoms with Crippen molar-refractivity contribution in [2.45, 2.75) is 57.0 Å². The third kappa shape index (κ3) is 2.66. The average Bonchev–Trinajstić information content (AvgIpc) is 3.25. The van der Waals surface area contributed by atoms with Crippen molar-refractivity contribution in [3.63, 3.8) is 0 Å². The Morgan fingerprint density at radius 2 is 1.82 bits per heavy atom. The molecule has 1 aliphatic carbocycles. The molecule has 174 valence electrons. The molecule has 2 aromatic carbocycles.